The van der Waals surface area contributed by atoms with Crippen LogP contribution in [0.3, 0.4) is 0 Å². The molecule has 2 nitrogen and oxygen atoms in total. The molecular weight excluding hydrogens is 821 g/mol. The average Bonchev–Trinajstić information content (AvgIpc) is 3.40. The molecule has 2 heteroatoms. The lowest BCUT2D eigenvalue weighted by Crippen LogP contribution is -2.11. The Bertz CT molecular complexity index is 4430. The Hall–Kier alpha value is -8.98. The topological polar surface area (TPSA) is 6.48 Å². The van der Waals surface area contributed by atoms with Crippen molar-refractivity contribution in [2.45, 2.75) is 0 Å². The van der Waals surface area contributed by atoms with Crippen molar-refractivity contribution < 1.29 is 0 Å². The van der Waals surface area contributed by atoms with E-state index in [-0.39, 0.29) is 0 Å². The molecule has 0 aliphatic carbocycles. The zero-order valence-electron chi connectivity index (χ0n) is 36.7. The second-order valence-electron chi connectivity index (χ2n) is 19.0. The van der Waals surface area contributed by atoms with E-state index in [1.807, 2.05) is 0 Å². The molecule has 0 amide bonds. The molecule has 0 atom stereocenters. The molecule has 0 aliphatic rings. The fraction of sp³-hybridized carbons (Fsp3) is 0. The van der Waals surface area contributed by atoms with Crippen molar-refractivity contribution in [1.82, 2.24) is 0 Å². The maximum atomic E-state index is 2.52. The molecule has 0 aliphatic heterocycles. The normalized spacial score (nSPS) is 12.7. The first-order valence-corrected chi connectivity index (χ1v) is 23.8. The molecule has 0 saturated heterocycles. The van der Waals surface area contributed by atoms with E-state index < -0.39 is 0 Å². The third kappa shape index (κ3) is 4.18. The smallest absolute Gasteiger partial charge is 0.0474 e. The van der Waals surface area contributed by atoms with E-state index in [0.717, 1.165) is 34.1 Å². The molecule has 0 spiro atoms. The van der Waals surface area contributed by atoms with Crippen molar-refractivity contribution in [2.24, 2.45) is 0 Å². The van der Waals surface area contributed by atoms with Gasteiger partial charge in [-0.1, -0.05) is 146 Å². The van der Waals surface area contributed by atoms with Gasteiger partial charge in [0.05, 0.1) is 0 Å². The summed E-state index contributed by atoms with van der Waals surface area (Å²) in [4.78, 5) is 4.90. The number of fused-ring (bicyclic) bond motifs is 6. The van der Waals surface area contributed by atoms with Gasteiger partial charge in [0.2, 0.25) is 0 Å². The first-order chi connectivity index (χ1) is 33.8. The maximum Gasteiger partial charge on any atom is 0.0474 e. The Morgan fingerprint density at radius 3 is 0.574 bits per heavy atom. The highest BCUT2D eigenvalue weighted by Gasteiger charge is 2.32. The van der Waals surface area contributed by atoms with Crippen LogP contribution in [-0.4, -0.2) is 0 Å². The summed E-state index contributed by atoms with van der Waals surface area (Å²) in [5.41, 5.74) is 6.77. The number of anilines is 6. The molecule has 0 heterocycles. The number of benzene rings is 17. The highest BCUT2D eigenvalue weighted by atomic mass is 15.1. The summed E-state index contributed by atoms with van der Waals surface area (Å²) in [7, 11) is 0. The van der Waals surface area contributed by atoms with Crippen LogP contribution in [0.15, 0.2) is 218 Å². The third-order valence-corrected chi connectivity index (χ3v) is 15.8. The van der Waals surface area contributed by atoms with Crippen molar-refractivity contribution in [3.05, 3.63) is 218 Å². The van der Waals surface area contributed by atoms with Crippen molar-refractivity contribution in [1.29, 1.82) is 0 Å². The van der Waals surface area contributed by atoms with Gasteiger partial charge in [-0.05, 0) is 202 Å². The Morgan fingerprint density at radius 2 is 0.338 bits per heavy atom. The van der Waals surface area contributed by atoms with Crippen molar-refractivity contribution in [2.75, 3.05) is 9.80 Å². The van der Waals surface area contributed by atoms with Gasteiger partial charge in [0, 0.05) is 34.1 Å². The van der Waals surface area contributed by atoms with E-state index in [2.05, 4.69) is 228 Å². The van der Waals surface area contributed by atoms with E-state index >= 15 is 0 Å². The summed E-state index contributed by atoms with van der Waals surface area (Å²) in [5.74, 6) is 0. The molecular formula is C66H36N2. The minimum absolute atomic E-state index is 1.12. The van der Waals surface area contributed by atoms with E-state index in [4.69, 9.17) is 0 Å². The van der Waals surface area contributed by atoms with Gasteiger partial charge in [0.15, 0.2) is 0 Å². The maximum absolute atomic E-state index is 2.52. The monoisotopic (exact) mass is 856 g/mol. The average molecular weight is 857 g/mol. The number of para-hydroxylation sites is 4. The molecule has 17 rings (SSSR count). The SMILES string of the molecule is c1ccc(N(c2ccccc2)c2cc3c4cccc5c6cccc7c8cccc9c%10cccc%11c%12cc(N(c%13ccccc%13)c%13ccccc%13)cc%13c(c2)c3c2c(c54)c(c76)c(c89)c(c%10%11)c2c%12%13)cc1. The lowest BCUT2D eigenvalue weighted by Gasteiger charge is -2.31. The highest BCUT2D eigenvalue weighted by Crippen LogP contribution is 2.61. The van der Waals surface area contributed by atoms with Crippen LogP contribution in [0.5, 0.6) is 0 Å². The van der Waals surface area contributed by atoms with Crippen LogP contribution in [-0.2, 0) is 0 Å². The Balaban J connectivity index is 1.19. The van der Waals surface area contributed by atoms with E-state index in [1.54, 1.807) is 0 Å². The molecule has 0 fully saturated rings. The van der Waals surface area contributed by atoms with Crippen LogP contribution in [0.4, 0.5) is 34.1 Å². The molecule has 0 N–H and O–H groups in total. The van der Waals surface area contributed by atoms with Gasteiger partial charge in [-0.3, -0.25) is 0 Å². The second kappa shape index (κ2) is 12.5. The second-order valence-corrected chi connectivity index (χ2v) is 19.0. The molecule has 17 aromatic rings. The standard InChI is InChI=1S/C66H36N2/c1-5-17-37(18-6-1)67(38-19-7-2-8-20-38)41-33-51-49-31-15-29-47-45-27-13-25-43-44-26-14-28-46-48-30-16-32-50-52-34-42(68(39-21-9-3-10-22-39)40-23-11-4-12-24-40)36-54-53(35-41)59(51)65-63(57(47)49)61(55(43)45)62(56(44)46)64(58(48)50)66(65)60(52)54/h1-36H. The summed E-state index contributed by atoms with van der Waals surface area (Å²) in [6, 6.07) is 82.0. The number of rotatable bonds is 6. The largest absolute Gasteiger partial charge is 0.310 e. The summed E-state index contributed by atoms with van der Waals surface area (Å²) < 4.78 is 0. The first kappa shape index (κ1) is 35.3. The zero-order chi connectivity index (χ0) is 43.9. The minimum Gasteiger partial charge on any atom is -0.310 e. The van der Waals surface area contributed by atoms with E-state index in [9.17, 15) is 0 Å². The van der Waals surface area contributed by atoms with Gasteiger partial charge < -0.3 is 9.80 Å². The van der Waals surface area contributed by atoms with Gasteiger partial charge >= 0.3 is 0 Å². The van der Waals surface area contributed by atoms with Crippen LogP contribution < -0.4 is 9.80 Å². The number of hydrogen-bond donors (Lipinski definition) is 0. The fourth-order valence-corrected chi connectivity index (χ4v) is 13.4. The van der Waals surface area contributed by atoms with Crippen LogP contribution in [0, 0.1) is 0 Å². The number of nitrogens with zero attached hydrogens (tertiary/aromatic N) is 2. The van der Waals surface area contributed by atoms with Gasteiger partial charge in [-0.25, -0.2) is 0 Å². The Kier molecular flexibility index (Phi) is 6.47. The van der Waals surface area contributed by atoms with Crippen molar-refractivity contribution in [3.63, 3.8) is 0 Å². The lowest BCUT2D eigenvalue weighted by molar-refractivity contribution is 1.29. The van der Waals surface area contributed by atoms with Gasteiger partial charge in [0.25, 0.3) is 0 Å². The predicted molar refractivity (Wildman–Crippen MR) is 293 cm³/mol. The summed E-state index contributed by atoms with van der Waals surface area (Å²) >= 11 is 0. The van der Waals surface area contributed by atoms with Gasteiger partial charge in [-0.15, -0.1) is 0 Å². The zero-order valence-corrected chi connectivity index (χ0v) is 36.7. The molecule has 17 aromatic carbocycles. The van der Waals surface area contributed by atoms with Crippen molar-refractivity contribution >= 4 is 163 Å². The predicted octanol–water partition coefficient (Wildman–Crippen LogP) is 19.1. The lowest BCUT2D eigenvalue weighted by atomic mass is 9.73. The van der Waals surface area contributed by atoms with Crippen molar-refractivity contribution in [3.8, 4) is 0 Å². The molecule has 68 heavy (non-hydrogen) atoms. The quantitative estimate of drug-likeness (QED) is 0.121. The van der Waals surface area contributed by atoms with Gasteiger partial charge in [-0.2, -0.15) is 0 Å². The molecule has 0 unspecified atom stereocenters. The van der Waals surface area contributed by atoms with Crippen LogP contribution in [0.25, 0.3) is 129 Å². The highest BCUT2D eigenvalue weighted by molar-refractivity contribution is 6.61. The van der Waals surface area contributed by atoms with Gasteiger partial charge in [0.1, 0.15) is 0 Å². The fourth-order valence-electron chi connectivity index (χ4n) is 13.4. The van der Waals surface area contributed by atoms with Crippen LogP contribution >= 0.6 is 0 Å². The van der Waals surface area contributed by atoms with E-state index in [1.165, 1.54) is 129 Å². The van der Waals surface area contributed by atoms with Crippen LogP contribution in [0.2, 0.25) is 0 Å². The Labute approximate surface area is 389 Å². The third-order valence-electron chi connectivity index (χ3n) is 15.8. The van der Waals surface area contributed by atoms with Crippen LogP contribution in [0.1, 0.15) is 0 Å². The Morgan fingerprint density at radius 1 is 0.147 bits per heavy atom. The minimum atomic E-state index is 1.12. The molecule has 0 radical (unpaired) electrons. The first-order valence-electron chi connectivity index (χ1n) is 23.8. The molecule has 0 saturated carbocycles. The molecule has 0 bridgehead atoms. The number of hydrogen-bond acceptors (Lipinski definition) is 2. The summed E-state index contributed by atoms with van der Waals surface area (Å²) in [6.07, 6.45) is 0. The molecule has 0 aromatic heterocycles. The molecule has 310 valence electrons. The van der Waals surface area contributed by atoms with E-state index in [0.29, 0.717) is 0 Å². The summed E-state index contributed by atoms with van der Waals surface area (Å²) in [6.45, 7) is 0. The summed E-state index contributed by atoms with van der Waals surface area (Å²) in [5, 5.41) is 32.4.